The van der Waals surface area contributed by atoms with E-state index >= 15 is 0 Å². The number of hydrogen-bond donors (Lipinski definition) is 0. The third-order valence-electron chi connectivity index (χ3n) is 2.01. The molecule has 0 radical (unpaired) electrons. The molecule has 10 heteroatoms. The maximum absolute atomic E-state index is 12.6. The Hall–Kier alpha value is -2.18. The van der Waals surface area contributed by atoms with E-state index in [9.17, 15) is 26.3 Å². The van der Waals surface area contributed by atoms with Crippen molar-refractivity contribution in [1.82, 2.24) is 4.98 Å². The van der Waals surface area contributed by atoms with Gasteiger partial charge in [0.2, 0.25) is 5.88 Å². The van der Waals surface area contributed by atoms with Gasteiger partial charge < -0.3 is 9.47 Å². The molecule has 0 saturated heterocycles. The van der Waals surface area contributed by atoms with Crippen LogP contribution in [0.15, 0.2) is 6.07 Å². The fourth-order valence-corrected chi connectivity index (χ4v) is 1.28. The van der Waals surface area contributed by atoms with Crippen LogP contribution < -0.4 is 9.47 Å². The zero-order valence-electron chi connectivity index (χ0n) is 9.76. The van der Waals surface area contributed by atoms with E-state index in [-0.39, 0.29) is 5.69 Å². The van der Waals surface area contributed by atoms with Gasteiger partial charge in [0.05, 0.1) is 19.6 Å². The summed E-state index contributed by atoms with van der Waals surface area (Å²) in [6.07, 6.45) is -11.0. The zero-order chi connectivity index (χ0) is 15.6. The zero-order valence-corrected chi connectivity index (χ0v) is 9.76. The Bertz CT molecular complexity index is 532. The highest BCUT2D eigenvalue weighted by atomic mass is 19.4. The average Bonchev–Trinajstić information content (AvgIpc) is 2.25. The summed E-state index contributed by atoms with van der Waals surface area (Å²) < 4.78 is 82.0. The number of hydrogen-bond acceptors (Lipinski definition) is 4. The second kappa shape index (κ2) is 5.44. The van der Waals surface area contributed by atoms with Crippen LogP contribution in [0, 0.1) is 11.3 Å². The minimum absolute atomic E-state index is 0.306. The molecule has 1 rings (SSSR count). The summed E-state index contributed by atoms with van der Waals surface area (Å²) in [5.74, 6) is -2.12. The summed E-state index contributed by atoms with van der Waals surface area (Å²) in [7, 11) is 1.00. The van der Waals surface area contributed by atoms with Crippen LogP contribution in [-0.2, 0) is 12.6 Å². The minimum Gasteiger partial charge on any atom is -0.495 e. The van der Waals surface area contributed by atoms with E-state index in [1.165, 1.54) is 0 Å². The lowest BCUT2D eigenvalue weighted by Crippen LogP contribution is -2.21. The molecule has 0 bridgehead atoms. The summed E-state index contributed by atoms with van der Waals surface area (Å²) in [5.41, 5.74) is -2.13. The van der Waals surface area contributed by atoms with Gasteiger partial charge in [0, 0.05) is 0 Å². The van der Waals surface area contributed by atoms with E-state index in [0.717, 1.165) is 7.11 Å². The van der Waals surface area contributed by atoms with Crippen LogP contribution >= 0.6 is 0 Å². The van der Waals surface area contributed by atoms with E-state index in [1.54, 1.807) is 6.07 Å². The largest absolute Gasteiger partial charge is 0.574 e. The molecule has 0 atom stereocenters. The van der Waals surface area contributed by atoms with Crippen molar-refractivity contribution in [1.29, 1.82) is 5.26 Å². The highest BCUT2D eigenvalue weighted by molar-refractivity contribution is 5.41. The standard InChI is InChI=1S/C10H6F6N2O2/c1-19-7-4-5(9(11,12)13)8(20-10(14,15)16)18-6(7)2-3-17/h4H,2H2,1H3. The van der Waals surface area contributed by atoms with E-state index in [4.69, 9.17) is 5.26 Å². The molecule has 1 aromatic heterocycles. The van der Waals surface area contributed by atoms with Gasteiger partial charge in [-0.2, -0.15) is 18.4 Å². The van der Waals surface area contributed by atoms with E-state index in [2.05, 4.69) is 14.5 Å². The molecular formula is C10H6F6N2O2. The minimum atomic E-state index is -5.34. The Morgan fingerprint density at radius 3 is 2.25 bits per heavy atom. The van der Waals surface area contributed by atoms with Crippen molar-refractivity contribution in [3.8, 4) is 17.7 Å². The summed E-state index contributed by atoms with van der Waals surface area (Å²) in [5, 5.41) is 8.46. The number of nitriles is 1. The second-order valence-corrected chi connectivity index (χ2v) is 3.37. The molecule has 0 amide bonds. The maximum Gasteiger partial charge on any atom is 0.574 e. The molecule has 0 aliphatic heterocycles. The van der Waals surface area contributed by atoms with Crippen LogP contribution in [0.25, 0.3) is 0 Å². The van der Waals surface area contributed by atoms with E-state index in [1.807, 2.05) is 0 Å². The average molecular weight is 300 g/mol. The van der Waals surface area contributed by atoms with Crippen molar-refractivity contribution in [2.45, 2.75) is 19.0 Å². The molecule has 0 aromatic carbocycles. The monoisotopic (exact) mass is 300 g/mol. The van der Waals surface area contributed by atoms with Crippen LogP contribution in [0.1, 0.15) is 11.3 Å². The Morgan fingerprint density at radius 1 is 1.25 bits per heavy atom. The molecule has 0 spiro atoms. The van der Waals surface area contributed by atoms with Gasteiger partial charge >= 0.3 is 12.5 Å². The van der Waals surface area contributed by atoms with Gasteiger partial charge in [-0.25, -0.2) is 4.98 Å². The first-order valence-corrected chi connectivity index (χ1v) is 4.86. The van der Waals surface area contributed by atoms with E-state index < -0.39 is 36.2 Å². The summed E-state index contributed by atoms with van der Waals surface area (Å²) >= 11 is 0. The van der Waals surface area contributed by atoms with Crippen molar-refractivity contribution < 1.29 is 35.8 Å². The first-order chi connectivity index (χ1) is 9.08. The quantitative estimate of drug-likeness (QED) is 0.805. The lowest BCUT2D eigenvalue weighted by Gasteiger charge is -2.16. The SMILES string of the molecule is COc1cc(C(F)(F)F)c(OC(F)(F)F)nc1CC#N. The number of aromatic nitrogens is 1. The number of pyridine rings is 1. The molecule has 1 heterocycles. The predicted molar refractivity (Wildman–Crippen MR) is 51.8 cm³/mol. The Balaban J connectivity index is 3.45. The number of halogens is 6. The Kier molecular flexibility index (Phi) is 4.32. The molecule has 1 aromatic rings. The fourth-order valence-electron chi connectivity index (χ4n) is 1.28. The lowest BCUT2D eigenvalue weighted by molar-refractivity contribution is -0.277. The van der Waals surface area contributed by atoms with Crippen LogP contribution in [-0.4, -0.2) is 18.5 Å². The molecule has 4 nitrogen and oxygen atoms in total. The van der Waals surface area contributed by atoms with Gasteiger partial charge in [-0.15, -0.1) is 13.2 Å². The number of nitrogens with zero attached hydrogens (tertiary/aromatic N) is 2. The molecule has 0 aliphatic rings. The summed E-state index contributed by atoms with van der Waals surface area (Å²) in [6, 6.07) is 1.85. The topological polar surface area (TPSA) is 55.1 Å². The van der Waals surface area contributed by atoms with Gasteiger partial charge in [-0.05, 0) is 6.07 Å². The Labute approximate surface area is 108 Å². The van der Waals surface area contributed by atoms with Crippen molar-refractivity contribution >= 4 is 0 Å². The number of alkyl halides is 6. The Morgan fingerprint density at radius 2 is 1.85 bits per heavy atom. The molecule has 0 N–H and O–H groups in total. The first-order valence-electron chi connectivity index (χ1n) is 4.86. The highest BCUT2D eigenvalue weighted by Gasteiger charge is 2.41. The van der Waals surface area contributed by atoms with Crippen LogP contribution in [0.2, 0.25) is 0 Å². The first kappa shape index (κ1) is 15.9. The maximum atomic E-state index is 12.6. The van der Waals surface area contributed by atoms with Crippen LogP contribution in [0.3, 0.4) is 0 Å². The van der Waals surface area contributed by atoms with E-state index in [0.29, 0.717) is 6.07 Å². The second-order valence-electron chi connectivity index (χ2n) is 3.37. The normalized spacial score (nSPS) is 11.9. The number of methoxy groups -OCH3 is 1. The van der Waals surface area contributed by atoms with Gasteiger partial charge in [-0.1, -0.05) is 0 Å². The molecular weight excluding hydrogens is 294 g/mol. The smallest absolute Gasteiger partial charge is 0.495 e. The van der Waals surface area contributed by atoms with Crippen molar-refractivity contribution in [3.05, 3.63) is 17.3 Å². The third-order valence-corrected chi connectivity index (χ3v) is 2.01. The molecule has 0 unspecified atom stereocenters. The third kappa shape index (κ3) is 3.91. The predicted octanol–water partition coefficient (Wildman–Crippen LogP) is 3.07. The van der Waals surface area contributed by atoms with Gasteiger partial charge in [-0.3, -0.25) is 0 Å². The van der Waals surface area contributed by atoms with Crippen LogP contribution in [0.4, 0.5) is 26.3 Å². The molecule has 0 fully saturated rings. The molecule has 0 aliphatic carbocycles. The highest BCUT2D eigenvalue weighted by Crippen LogP contribution is 2.40. The van der Waals surface area contributed by atoms with Crippen molar-refractivity contribution in [2.75, 3.05) is 7.11 Å². The van der Waals surface area contributed by atoms with Crippen molar-refractivity contribution in [2.24, 2.45) is 0 Å². The number of rotatable bonds is 3. The fraction of sp³-hybridized carbons (Fsp3) is 0.400. The van der Waals surface area contributed by atoms with Crippen molar-refractivity contribution in [3.63, 3.8) is 0 Å². The molecule has 0 saturated carbocycles. The summed E-state index contributed by atoms with van der Waals surface area (Å²) in [6.45, 7) is 0. The van der Waals surface area contributed by atoms with Gasteiger partial charge in [0.15, 0.2) is 0 Å². The molecule has 110 valence electrons. The number of ether oxygens (including phenoxy) is 2. The van der Waals surface area contributed by atoms with Gasteiger partial charge in [0.1, 0.15) is 17.0 Å². The van der Waals surface area contributed by atoms with Crippen LogP contribution in [0.5, 0.6) is 11.6 Å². The van der Waals surface area contributed by atoms with Gasteiger partial charge in [0.25, 0.3) is 0 Å². The molecule has 20 heavy (non-hydrogen) atoms. The summed E-state index contributed by atoms with van der Waals surface area (Å²) in [4.78, 5) is 3.08. The lowest BCUT2D eigenvalue weighted by atomic mass is 10.2.